The minimum absolute atomic E-state index is 0.331. The van der Waals surface area contributed by atoms with E-state index in [0.29, 0.717) is 23.5 Å². The van der Waals surface area contributed by atoms with Crippen LogP contribution >= 0.6 is 0 Å². The summed E-state index contributed by atoms with van der Waals surface area (Å²) >= 11 is 0. The highest BCUT2D eigenvalue weighted by atomic mass is 16.4. The number of rotatable bonds is 3. The highest BCUT2D eigenvalue weighted by molar-refractivity contribution is 5.77. The molecule has 0 atom stereocenters. The topological polar surface area (TPSA) is 46.3 Å². The summed E-state index contributed by atoms with van der Waals surface area (Å²) in [5, 5.41) is 0.504. The van der Waals surface area contributed by atoms with Crippen molar-refractivity contribution in [3.63, 3.8) is 0 Å². The molecule has 0 radical (unpaired) electrons. The molecule has 3 rings (SSSR count). The fourth-order valence-electron chi connectivity index (χ4n) is 2.10. The predicted octanol–water partition coefficient (Wildman–Crippen LogP) is 2.82. The molecule has 0 N–H and O–H groups in total. The summed E-state index contributed by atoms with van der Waals surface area (Å²) in [6, 6.07) is 17.5. The van der Waals surface area contributed by atoms with E-state index in [0.717, 1.165) is 5.56 Å². The summed E-state index contributed by atoms with van der Waals surface area (Å²) in [6.07, 6.45) is 0. The molecule has 0 spiro atoms. The Morgan fingerprint density at radius 2 is 1.75 bits per heavy atom. The molecule has 0 aliphatic heterocycles. The van der Waals surface area contributed by atoms with Gasteiger partial charge in [-0.1, -0.05) is 42.5 Å². The summed E-state index contributed by atoms with van der Waals surface area (Å²) in [6.45, 7) is 0.634. The van der Waals surface area contributed by atoms with Crippen LogP contribution in [0.25, 0.3) is 10.9 Å². The van der Waals surface area contributed by atoms with Crippen LogP contribution in [0.4, 0.5) is 6.01 Å². The summed E-state index contributed by atoms with van der Waals surface area (Å²) in [7, 11) is 1.85. The number of para-hydroxylation sites is 1. The number of nitrogens with zero attached hydrogens (tertiary/aromatic N) is 2. The molecule has 4 nitrogen and oxygen atoms in total. The average Bonchev–Trinajstić information content (AvgIpc) is 2.48. The fourth-order valence-corrected chi connectivity index (χ4v) is 2.10. The van der Waals surface area contributed by atoms with Crippen LogP contribution in [0.2, 0.25) is 0 Å². The molecular weight excluding hydrogens is 252 g/mol. The van der Waals surface area contributed by atoms with Gasteiger partial charge in [-0.15, -0.1) is 0 Å². The van der Waals surface area contributed by atoms with Gasteiger partial charge in [-0.25, -0.2) is 4.79 Å². The third kappa shape index (κ3) is 2.40. The Balaban J connectivity index is 1.96. The molecule has 0 aliphatic carbocycles. The Hall–Kier alpha value is -2.62. The van der Waals surface area contributed by atoms with E-state index >= 15 is 0 Å². The minimum atomic E-state index is -0.356. The van der Waals surface area contributed by atoms with E-state index in [2.05, 4.69) is 4.98 Å². The van der Waals surface area contributed by atoms with Crippen molar-refractivity contribution >= 4 is 16.9 Å². The molecule has 4 heteroatoms. The molecule has 3 aromatic rings. The fraction of sp³-hybridized carbons (Fsp3) is 0.125. The van der Waals surface area contributed by atoms with Crippen molar-refractivity contribution in [2.45, 2.75) is 6.54 Å². The van der Waals surface area contributed by atoms with E-state index in [-0.39, 0.29) is 5.63 Å². The summed E-state index contributed by atoms with van der Waals surface area (Å²) in [4.78, 5) is 18.1. The van der Waals surface area contributed by atoms with Gasteiger partial charge in [-0.3, -0.25) is 0 Å². The first-order valence-corrected chi connectivity index (χ1v) is 6.39. The molecule has 0 fully saturated rings. The van der Waals surface area contributed by atoms with Crippen molar-refractivity contribution in [1.82, 2.24) is 4.98 Å². The first-order valence-electron chi connectivity index (χ1n) is 6.39. The zero-order chi connectivity index (χ0) is 13.9. The van der Waals surface area contributed by atoms with Gasteiger partial charge in [0.05, 0.1) is 10.9 Å². The molecule has 0 bridgehead atoms. The molecule has 0 aliphatic rings. The van der Waals surface area contributed by atoms with E-state index in [1.165, 1.54) is 0 Å². The van der Waals surface area contributed by atoms with Crippen molar-refractivity contribution in [3.8, 4) is 0 Å². The van der Waals surface area contributed by atoms with Gasteiger partial charge < -0.3 is 9.32 Å². The maximum absolute atomic E-state index is 11.9. The van der Waals surface area contributed by atoms with E-state index in [1.807, 2.05) is 54.4 Å². The Kier molecular flexibility index (Phi) is 3.21. The molecule has 1 heterocycles. The number of benzene rings is 2. The van der Waals surface area contributed by atoms with Crippen LogP contribution < -0.4 is 10.5 Å². The first-order chi connectivity index (χ1) is 9.74. The Morgan fingerprint density at radius 3 is 2.55 bits per heavy atom. The molecule has 100 valence electrons. The van der Waals surface area contributed by atoms with E-state index < -0.39 is 0 Å². The zero-order valence-electron chi connectivity index (χ0n) is 11.1. The van der Waals surface area contributed by atoms with Gasteiger partial charge in [0.15, 0.2) is 0 Å². The van der Waals surface area contributed by atoms with Crippen LogP contribution in [0.15, 0.2) is 63.8 Å². The second-order valence-corrected chi connectivity index (χ2v) is 4.64. The predicted molar refractivity (Wildman–Crippen MR) is 78.8 cm³/mol. The normalized spacial score (nSPS) is 10.7. The van der Waals surface area contributed by atoms with Gasteiger partial charge in [0.2, 0.25) is 0 Å². The number of hydrogen-bond donors (Lipinski definition) is 0. The van der Waals surface area contributed by atoms with Gasteiger partial charge in [0, 0.05) is 13.6 Å². The lowest BCUT2D eigenvalue weighted by molar-refractivity contribution is 0.494. The van der Waals surface area contributed by atoms with Gasteiger partial charge in [-0.2, -0.15) is 4.98 Å². The van der Waals surface area contributed by atoms with Crippen LogP contribution in [0.3, 0.4) is 0 Å². The Labute approximate surface area is 116 Å². The molecule has 0 saturated carbocycles. The van der Waals surface area contributed by atoms with Gasteiger partial charge in [0.1, 0.15) is 0 Å². The van der Waals surface area contributed by atoms with E-state index in [4.69, 9.17) is 4.42 Å². The molecule has 20 heavy (non-hydrogen) atoms. The van der Waals surface area contributed by atoms with Crippen LogP contribution in [-0.4, -0.2) is 12.0 Å². The van der Waals surface area contributed by atoms with E-state index in [9.17, 15) is 4.79 Å². The largest absolute Gasteiger partial charge is 0.389 e. The van der Waals surface area contributed by atoms with Crippen molar-refractivity contribution < 1.29 is 4.42 Å². The molecule has 0 unspecified atom stereocenters. The first kappa shape index (κ1) is 12.4. The van der Waals surface area contributed by atoms with Crippen molar-refractivity contribution in [1.29, 1.82) is 0 Å². The highest BCUT2D eigenvalue weighted by Gasteiger charge is 2.10. The van der Waals surface area contributed by atoms with Crippen LogP contribution in [-0.2, 0) is 6.54 Å². The molecular formula is C16H14N2O2. The average molecular weight is 266 g/mol. The SMILES string of the molecule is CN(Cc1ccccc1)c1nc2ccccc2c(=O)o1. The summed E-state index contributed by atoms with van der Waals surface area (Å²) in [5.74, 6) is 0. The highest BCUT2D eigenvalue weighted by Crippen LogP contribution is 2.15. The van der Waals surface area contributed by atoms with Crippen LogP contribution in [0.5, 0.6) is 0 Å². The maximum atomic E-state index is 11.9. The number of hydrogen-bond acceptors (Lipinski definition) is 4. The molecule has 1 aromatic heterocycles. The number of anilines is 1. The monoisotopic (exact) mass is 266 g/mol. The second kappa shape index (κ2) is 5.17. The van der Waals surface area contributed by atoms with Crippen molar-refractivity contribution in [2.24, 2.45) is 0 Å². The lowest BCUT2D eigenvalue weighted by Crippen LogP contribution is -2.19. The van der Waals surface area contributed by atoms with Crippen molar-refractivity contribution in [3.05, 3.63) is 70.6 Å². The maximum Gasteiger partial charge on any atom is 0.348 e. The molecule has 0 amide bonds. The lowest BCUT2D eigenvalue weighted by atomic mass is 10.2. The van der Waals surface area contributed by atoms with Crippen molar-refractivity contribution in [2.75, 3.05) is 11.9 Å². The quantitative estimate of drug-likeness (QED) is 0.731. The molecule has 0 saturated heterocycles. The summed E-state index contributed by atoms with van der Waals surface area (Å²) < 4.78 is 5.28. The summed E-state index contributed by atoms with van der Waals surface area (Å²) in [5.41, 5.74) is 1.43. The molecule has 2 aromatic carbocycles. The Bertz CT molecular complexity index is 781. The third-order valence-corrected chi connectivity index (χ3v) is 3.11. The second-order valence-electron chi connectivity index (χ2n) is 4.64. The van der Waals surface area contributed by atoms with Gasteiger partial charge in [-0.05, 0) is 17.7 Å². The van der Waals surface area contributed by atoms with Crippen LogP contribution in [0, 0.1) is 0 Å². The standard InChI is InChI=1S/C16H14N2O2/c1-18(11-12-7-3-2-4-8-12)16-17-14-10-6-5-9-13(14)15(19)20-16/h2-10H,11H2,1H3. The minimum Gasteiger partial charge on any atom is -0.389 e. The van der Waals surface area contributed by atoms with E-state index in [1.54, 1.807) is 12.1 Å². The van der Waals surface area contributed by atoms with Gasteiger partial charge in [0.25, 0.3) is 0 Å². The Morgan fingerprint density at radius 1 is 1.05 bits per heavy atom. The third-order valence-electron chi connectivity index (χ3n) is 3.11. The number of aromatic nitrogens is 1. The van der Waals surface area contributed by atoms with Crippen LogP contribution in [0.1, 0.15) is 5.56 Å². The smallest absolute Gasteiger partial charge is 0.348 e. The number of fused-ring (bicyclic) bond motifs is 1. The van der Waals surface area contributed by atoms with Gasteiger partial charge >= 0.3 is 11.6 Å². The zero-order valence-corrected chi connectivity index (χ0v) is 11.1. The lowest BCUT2D eigenvalue weighted by Gasteiger charge is -2.16.